The van der Waals surface area contributed by atoms with E-state index >= 15 is 0 Å². The molecule has 27 heavy (non-hydrogen) atoms. The Balaban J connectivity index is 1.59. The molecule has 0 saturated heterocycles. The maximum atomic E-state index is 12.0. The number of nitrogens with one attached hydrogen (secondary N) is 1. The van der Waals surface area contributed by atoms with E-state index in [0.29, 0.717) is 16.7 Å². The fraction of sp³-hybridized carbons (Fsp3) is 0.158. The van der Waals surface area contributed by atoms with Crippen LogP contribution in [0.1, 0.15) is 12.5 Å². The van der Waals surface area contributed by atoms with Crippen molar-refractivity contribution in [3.63, 3.8) is 0 Å². The standard InChI is InChI=1S/C19H18ClN5OS/c1-2-25-18(14-8-4-3-5-9-14)23-24-19(25)27-13-17(26)22-21-12-15-10-6-7-11-16(15)20/h3-12H,2,13H2,1H3,(H,22,26)/b21-12-. The molecule has 6 nitrogen and oxygen atoms in total. The molecule has 0 aliphatic carbocycles. The number of hydrogen-bond acceptors (Lipinski definition) is 5. The molecule has 8 heteroatoms. The van der Waals surface area contributed by atoms with Gasteiger partial charge in [-0.05, 0) is 13.0 Å². The number of rotatable bonds is 7. The Kier molecular flexibility index (Phi) is 6.62. The van der Waals surface area contributed by atoms with Crippen molar-refractivity contribution in [1.29, 1.82) is 0 Å². The van der Waals surface area contributed by atoms with Crippen LogP contribution in [0.5, 0.6) is 0 Å². The van der Waals surface area contributed by atoms with E-state index in [-0.39, 0.29) is 11.7 Å². The lowest BCUT2D eigenvalue weighted by atomic mass is 10.2. The van der Waals surface area contributed by atoms with Gasteiger partial charge < -0.3 is 4.57 Å². The average Bonchev–Trinajstić information content (AvgIpc) is 3.11. The lowest BCUT2D eigenvalue weighted by Gasteiger charge is -2.06. The van der Waals surface area contributed by atoms with Crippen LogP contribution in [0.4, 0.5) is 0 Å². The molecule has 0 radical (unpaired) electrons. The number of carbonyl (C=O) groups excluding carboxylic acids is 1. The topological polar surface area (TPSA) is 72.2 Å². The third kappa shape index (κ3) is 4.96. The molecule has 1 N–H and O–H groups in total. The van der Waals surface area contributed by atoms with Gasteiger partial charge in [-0.25, -0.2) is 5.43 Å². The Morgan fingerprint density at radius 2 is 1.93 bits per heavy atom. The second kappa shape index (κ2) is 9.34. The highest BCUT2D eigenvalue weighted by Crippen LogP contribution is 2.23. The first-order valence-corrected chi connectivity index (χ1v) is 9.73. The highest BCUT2D eigenvalue weighted by Gasteiger charge is 2.14. The first-order valence-electron chi connectivity index (χ1n) is 8.37. The zero-order chi connectivity index (χ0) is 19.1. The van der Waals surface area contributed by atoms with Crippen LogP contribution < -0.4 is 5.43 Å². The minimum Gasteiger partial charge on any atom is -0.302 e. The molecule has 0 unspecified atom stereocenters. The molecule has 2 aromatic carbocycles. The first-order chi connectivity index (χ1) is 13.2. The maximum Gasteiger partial charge on any atom is 0.250 e. The van der Waals surface area contributed by atoms with Crippen LogP contribution >= 0.6 is 23.4 Å². The molecule has 1 amide bonds. The van der Waals surface area contributed by atoms with Crippen molar-refractivity contribution in [1.82, 2.24) is 20.2 Å². The van der Waals surface area contributed by atoms with Gasteiger partial charge in [-0.15, -0.1) is 10.2 Å². The lowest BCUT2D eigenvalue weighted by Crippen LogP contribution is -2.20. The zero-order valence-electron chi connectivity index (χ0n) is 14.7. The summed E-state index contributed by atoms with van der Waals surface area (Å²) < 4.78 is 1.99. The quantitative estimate of drug-likeness (QED) is 0.372. The van der Waals surface area contributed by atoms with Gasteiger partial charge in [0.05, 0.1) is 12.0 Å². The monoisotopic (exact) mass is 399 g/mol. The Morgan fingerprint density at radius 1 is 1.19 bits per heavy atom. The zero-order valence-corrected chi connectivity index (χ0v) is 16.2. The highest BCUT2D eigenvalue weighted by molar-refractivity contribution is 7.99. The van der Waals surface area contributed by atoms with Crippen LogP contribution in [0.15, 0.2) is 64.9 Å². The molecule has 1 aromatic heterocycles. The van der Waals surface area contributed by atoms with Crippen LogP contribution in [0, 0.1) is 0 Å². The molecule has 0 atom stereocenters. The predicted octanol–water partition coefficient (Wildman–Crippen LogP) is 3.86. The van der Waals surface area contributed by atoms with E-state index in [1.165, 1.54) is 18.0 Å². The van der Waals surface area contributed by atoms with E-state index in [0.717, 1.165) is 17.0 Å². The molecule has 0 aliphatic rings. The van der Waals surface area contributed by atoms with Gasteiger partial charge in [-0.1, -0.05) is 71.9 Å². The van der Waals surface area contributed by atoms with Crippen LogP contribution in [0.25, 0.3) is 11.4 Å². The number of halogens is 1. The summed E-state index contributed by atoms with van der Waals surface area (Å²) in [6.45, 7) is 2.74. The van der Waals surface area contributed by atoms with Crippen molar-refractivity contribution < 1.29 is 4.79 Å². The van der Waals surface area contributed by atoms with Gasteiger partial charge in [0, 0.05) is 22.7 Å². The number of thioether (sulfide) groups is 1. The molecule has 0 spiro atoms. The van der Waals surface area contributed by atoms with Gasteiger partial charge in [0.1, 0.15) is 0 Å². The Labute approximate surface area is 166 Å². The normalized spacial score (nSPS) is 11.0. The molecule has 3 aromatic rings. The summed E-state index contributed by atoms with van der Waals surface area (Å²) in [5, 5.41) is 13.7. The number of benzene rings is 2. The molecular formula is C19H18ClN5OS. The Morgan fingerprint density at radius 3 is 2.67 bits per heavy atom. The van der Waals surface area contributed by atoms with E-state index < -0.39 is 0 Å². The molecule has 138 valence electrons. The smallest absolute Gasteiger partial charge is 0.250 e. The fourth-order valence-electron chi connectivity index (χ4n) is 2.40. The number of hydrogen-bond donors (Lipinski definition) is 1. The van der Waals surface area contributed by atoms with Crippen molar-refractivity contribution in [2.45, 2.75) is 18.6 Å². The van der Waals surface area contributed by atoms with E-state index in [4.69, 9.17) is 11.6 Å². The van der Waals surface area contributed by atoms with Crippen LogP contribution in [-0.2, 0) is 11.3 Å². The summed E-state index contributed by atoms with van der Waals surface area (Å²) in [4.78, 5) is 12.0. The van der Waals surface area contributed by atoms with Crippen LogP contribution in [-0.4, -0.2) is 32.6 Å². The number of carbonyl (C=O) groups is 1. The minimum absolute atomic E-state index is 0.187. The molecule has 0 saturated carbocycles. The summed E-state index contributed by atoms with van der Waals surface area (Å²) >= 11 is 7.36. The molecule has 0 bridgehead atoms. The Hall–Kier alpha value is -2.64. The van der Waals surface area contributed by atoms with Crippen molar-refractivity contribution >= 4 is 35.5 Å². The van der Waals surface area contributed by atoms with Gasteiger partial charge >= 0.3 is 0 Å². The minimum atomic E-state index is -0.227. The Bertz CT molecular complexity index is 942. The van der Waals surface area contributed by atoms with Gasteiger partial charge in [0.25, 0.3) is 5.91 Å². The molecular weight excluding hydrogens is 382 g/mol. The summed E-state index contributed by atoms with van der Waals surface area (Å²) in [6.07, 6.45) is 1.52. The van der Waals surface area contributed by atoms with Gasteiger partial charge in [-0.3, -0.25) is 4.79 Å². The summed E-state index contributed by atoms with van der Waals surface area (Å²) in [6, 6.07) is 17.1. The number of hydrazone groups is 1. The van der Waals surface area contributed by atoms with Crippen molar-refractivity contribution in [3.05, 3.63) is 65.2 Å². The molecule has 0 fully saturated rings. The SMILES string of the molecule is CCn1c(SCC(=O)N/N=C\c2ccccc2Cl)nnc1-c1ccccc1. The van der Waals surface area contributed by atoms with Crippen molar-refractivity contribution in [2.75, 3.05) is 5.75 Å². The van der Waals surface area contributed by atoms with Gasteiger partial charge in [-0.2, -0.15) is 5.10 Å². The van der Waals surface area contributed by atoms with Crippen molar-refractivity contribution in [3.8, 4) is 11.4 Å². The van der Waals surface area contributed by atoms with Gasteiger partial charge in [0.15, 0.2) is 11.0 Å². The maximum absolute atomic E-state index is 12.0. The number of amides is 1. The third-order valence-corrected chi connectivity index (χ3v) is 5.01. The van der Waals surface area contributed by atoms with Crippen LogP contribution in [0.3, 0.4) is 0 Å². The third-order valence-electron chi connectivity index (χ3n) is 3.70. The van der Waals surface area contributed by atoms with E-state index in [1.54, 1.807) is 6.07 Å². The summed E-state index contributed by atoms with van der Waals surface area (Å²) in [7, 11) is 0. The van der Waals surface area contributed by atoms with Gasteiger partial charge in [0.2, 0.25) is 0 Å². The van der Waals surface area contributed by atoms with Crippen molar-refractivity contribution in [2.24, 2.45) is 5.10 Å². The highest BCUT2D eigenvalue weighted by atomic mass is 35.5. The predicted molar refractivity (Wildman–Crippen MR) is 109 cm³/mol. The largest absolute Gasteiger partial charge is 0.302 e. The fourth-order valence-corrected chi connectivity index (χ4v) is 3.38. The first kappa shape index (κ1) is 19.1. The van der Waals surface area contributed by atoms with E-state index in [1.807, 2.05) is 60.0 Å². The molecule has 1 heterocycles. The number of aromatic nitrogens is 3. The number of nitrogens with zero attached hydrogens (tertiary/aromatic N) is 4. The second-order valence-corrected chi connectivity index (χ2v) is 6.87. The second-order valence-electron chi connectivity index (χ2n) is 5.52. The average molecular weight is 400 g/mol. The van der Waals surface area contributed by atoms with E-state index in [9.17, 15) is 4.79 Å². The van der Waals surface area contributed by atoms with E-state index in [2.05, 4.69) is 20.7 Å². The van der Waals surface area contributed by atoms with Crippen LogP contribution in [0.2, 0.25) is 5.02 Å². The molecule has 0 aliphatic heterocycles. The molecule has 3 rings (SSSR count). The lowest BCUT2D eigenvalue weighted by molar-refractivity contribution is -0.118. The summed E-state index contributed by atoms with van der Waals surface area (Å²) in [5.74, 6) is 0.750. The summed E-state index contributed by atoms with van der Waals surface area (Å²) in [5.41, 5.74) is 4.23.